The third kappa shape index (κ3) is 2.50. The second kappa shape index (κ2) is 4.37. The molecule has 2 N–H and O–H groups in total. The number of rotatable bonds is 2. The Hall–Kier alpha value is -2.17. The van der Waals surface area contributed by atoms with E-state index >= 15 is 0 Å². The minimum atomic E-state index is 0.247. The van der Waals surface area contributed by atoms with Crippen LogP contribution < -0.4 is 10.5 Å². The molecule has 5 heteroatoms. The largest absolute Gasteiger partial charge is 0.423 e. The van der Waals surface area contributed by atoms with Crippen molar-refractivity contribution in [3.05, 3.63) is 35.2 Å². The monoisotopic (exact) mass is 230 g/mol. The molecular weight excluding hydrogens is 216 g/mol. The molecule has 1 aromatic heterocycles. The van der Waals surface area contributed by atoms with E-state index in [9.17, 15) is 0 Å². The fraction of sp³-hybridized carbons (Fsp3) is 0.250. The van der Waals surface area contributed by atoms with Crippen LogP contribution in [0, 0.1) is 20.8 Å². The zero-order valence-corrected chi connectivity index (χ0v) is 10.1. The first-order valence-electron chi connectivity index (χ1n) is 5.28. The van der Waals surface area contributed by atoms with Gasteiger partial charge in [-0.25, -0.2) is 0 Å². The number of aryl methyl sites for hydroxylation is 3. The van der Waals surface area contributed by atoms with Crippen LogP contribution in [0.2, 0.25) is 0 Å². The summed E-state index contributed by atoms with van der Waals surface area (Å²) < 4.78 is 5.51. The molecule has 0 atom stereocenters. The average Bonchev–Trinajstić information content (AvgIpc) is 2.29. The fourth-order valence-corrected chi connectivity index (χ4v) is 1.30. The van der Waals surface area contributed by atoms with Crippen LogP contribution in [0.25, 0.3) is 0 Å². The van der Waals surface area contributed by atoms with E-state index in [4.69, 9.17) is 10.5 Å². The van der Waals surface area contributed by atoms with Crippen molar-refractivity contribution < 1.29 is 4.74 Å². The quantitative estimate of drug-likeness (QED) is 0.800. The van der Waals surface area contributed by atoms with Crippen molar-refractivity contribution in [2.24, 2.45) is 0 Å². The zero-order valence-electron chi connectivity index (χ0n) is 10.1. The topological polar surface area (TPSA) is 73.9 Å². The second-order valence-electron chi connectivity index (χ2n) is 3.89. The number of hydrogen-bond donors (Lipinski definition) is 1. The van der Waals surface area contributed by atoms with E-state index in [1.165, 1.54) is 0 Å². The Morgan fingerprint density at radius 1 is 1.06 bits per heavy atom. The maximum absolute atomic E-state index is 5.73. The number of nitrogen functional groups attached to an aromatic ring is 1. The van der Waals surface area contributed by atoms with Crippen LogP contribution in [0.15, 0.2) is 18.2 Å². The highest BCUT2D eigenvalue weighted by Gasteiger charge is 2.05. The van der Waals surface area contributed by atoms with Crippen molar-refractivity contribution in [1.29, 1.82) is 0 Å². The van der Waals surface area contributed by atoms with Gasteiger partial charge in [0.1, 0.15) is 5.75 Å². The Labute approximate surface area is 99.7 Å². The van der Waals surface area contributed by atoms with Crippen LogP contribution in [-0.4, -0.2) is 15.2 Å². The average molecular weight is 230 g/mol. The van der Waals surface area contributed by atoms with E-state index in [2.05, 4.69) is 15.2 Å². The second-order valence-corrected chi connectivity index (χ2v) is 3.89. The Kier molecular flexibility index (Phi) is 2.91. The molecule has 0 unspecified atom stereocenters. The molecule has 0 bridgehead atoms. The van der Waals surface area contributed by atoms with Crippen molar-refractivity contribution >= 4 is 5.69 Å². The summed E-state index contributed by atoms with van der Waals surface area (Å²) in [5, 5.41) is 7.82. The Morgan fingerprint density at radius 3 is 2.47 bits per heavy atom. The molecule has 0 saturated carbocycles. The minimum absolute atomic E-state index is 0.247. The van der Waals surface area contributed by atoms with Gasteiger partial charge in [0.05, 0.1) is 11.4 Å². The highest BCUT2D eigenvalue weighted by Crippen LogP contribution is 2.22. The van der Waals surface area contributed by atoms with Crippen molar-refractivity contribution in [2.75, 3.05) is 5.73 Å². The molecule has 1 heterocycles. The van der Waals surface area contributed by atoms with Gasteiger partial charge in [-0.2, -0.15) is 4.98 Å². The predicted molar refractivity (Wildman–Crippen MR) is 65.0 cm³/mol. The number of anilines is 1. The van der Waals surface area contributed by atoms with Crippen LogP contribution in [0.4, 0.5) is 5.69 Å². The Bertz CT molecular complexity index is 505. The molecule has 0 aliphatic carbocycles. The van der Waals surface area contributed by atoms with Crippen molar-refractivity contribution in [3.8, 4) is 11.8 Å². The molecule has 17 heavy (non-hydrogen) atoms. The molecular formula is C12H14N4O. The third-order valence-corrected chi connectivity index (χ3v) is 2.52. The SMILES string of the molecule is Cc1cc(Oc2nnc(C)c(C)n2)ccc1N. The highest BCUT2D eigenvalue weighted by molar-refractivity contribution is 5.49. The van der Waals surface area contributed by atoms with Gasteiger partial charge in [-0.05, 0) is 44.5 Å². The Balaban J connectivity index is 2.25. The van der Waals surface area contributed by atoms with Gasteiger partial charge in [0.15, 0.2) is 0 Å². The molecule has 0 amide bonds. The van der Waals surface area contributed by atoms with Gasteiger partial charge in [-0.3, -0.25) is 0 Å². The number of aromatic nitrogens is 3. The van der Waals surface area contributed by atoms with E-state index in [1.807, 2.05) is 26.8 Å². The summed E-state index contributed by atoms with van der Waals surface area (Å²) in [5.41, 5.74) is 9.02. The molecule has 1 aromatic carbocycles. The molecule has 2 rings (SSSR count). The number of nitrogens with two attached hydrogens (primary N) is 1. The number of hydrogen-bond acceptors (Lipinski definition) is 5. The van der Waals surface area contributed by atoms with Gasteiger partial charge < -0.3 is 10.5 Å². The van der Waals surface area contributed by atoms with Gasteiger partial charge in [0, 0.05) is 5.69 Å². The summed E-state index contributed by atoms with van der Waals surface area (Å²) >= 11 is 0. The van der Waals surface area contributed by atoms with Crippen LogP contribution in [0.5, 0.6) is 11.8 Å². The lowest BCUT2D eigenvalue weighted by molar-refractivity contribution is 0.430. The lowest BCUT2D eigenvalue weighted by Gasteiger charge is -2.06. The zero-order chi connectivity index (χ0) is 12.4. The van der Waals surface area contributed by atoms with E-state index in [1.54, 1.807) is 12.1 Å². The van der Waals surface area contributed by atoms with E-state index in [0.717, 1.165) is 22.6 Å². The lowest BCUT2D eigenvalue weighted by atomic mass is 10.2. The molecule has 0 radical (unpaired) electrons. The van der Waals surface area contributed by atoms with Gasteiger partial charge in [-0.1, -0.05) is 5.10 Å². The highest BCUT2D eigenvalue weighted by atomic mass is 16.5. The summed E-state index contributed by atoms with van der Waals surface area (Å²) in [4.78, 5) is 4.19. The Morgan fingerprint density at radius 2 is 1.82 bits per heavy atom. The molecule has 2 aromatic rings. The molecule has 0 spiro atoms. The fourth-order valence-electron chi connectivity index (χ4n) is 1.30. The van der Waals surface area contributed by atoms with Gasteiger partial charge in [0.2, 0.25) is 0 Å². The maximum Gasteiger partial charge on any atom is 0.341 e. The van der Waals surface area contributed by atoms with Gasteiger partial charge >= 0.3 is 6.01 Å². The number of ether oxygens (including phenoxy) is 1. The summed E-state index contributed by atoms with van der Waals surface area (Å²) in [6, 6.07) is 5.66. The summed E-state index contributed by atoms with van der Waals surface area (Å²) in [6.07, 6.45) is 0. The van der Waals surface area contributed by atoms with Gasteiger partial charge in [0.25, 0.3) is 0 Å². The smallest absolute Gasteiger partial charge is 0.341 e. The van der Waals surface area contributed by atoms with Crippen LogP contribution in [0.3, 0.4) is 0 Å². The summed E-state index contributed by atoms with van der Waals surface area (Å²) in [6.45, 7) is 5.64. The van der Waals surface area contributed by atoms with Crippen LogP contribution >= 0.6 is 0 Å². The number of nitrogens with zero attached hydrogens (tertiary/aromatic N) is 3. The molecule has 0 saturated heterocycles. The van der Waals surface area contributed by atoms with Crippen molar-refractivity contribution in [1.82, 2.24) is 15.2 Å². The molecule has 5 nitrogen and oxygen atoms in total. The maximum atomic E-state index is 5.73. The van der Waals surface area contributed by atoms with Gasteiger partial charge in [-0.15, -0.1) is 5.10 Å². The molecule has 0 fully saturated rings. The molecule has 0 aliphatic rings. The summed E-state index contributed by atoms with van der Waals surface area (Å²) in [5.74, 6) is 0.654. The third-order valence-electron chi connectivity index (χ3n) is 2.52. The minimum Gasteiger partial charge on any atom is -0.423 e. The predicted octanol–water partition coefficient (Wildman–Crippen LogP) is 2.17. The standard InChI is InChI=1S/C12H14N4O/c1-7-6-10(4-5-11(7)13)17-12-14-8(2)9(3)15-16-12/h4-6H,13H2,1-3H3. The first-order chi connectivity index (χ1) is 8.06. The first kappa shape index (κ1) is 11.3. The molecule has 0 aliphatic heterocycles. The van der Waals surface area contributed by atoms with Crippen molar-refractivity contribution in [2.45, 2.75) is 20.8 Å². The number of benzene rings is 1. The summed E-state index contributed by atoms with van der Waals surface area (Å²) in [7, 11) is 0. The van der Waals surface area contributed by atoms with E-state index < -0.39 is 0 Å². The van der Waals surface area contributed by atoms with Crippen LogP contribution in [0.1, 0.15) is 17.0 Å². The van der Waals surface area contributed by atoms with Crippen LogP contribution in [-0.2, 0) is 0 Å². The first-order valence-corrected chi connectivity index (χ1v) is 5.28. The normalized spacial score (nSPS) is 10.3. The van der Waals surface area contributed by atoms with Crippen molar-refractivity contribution in [3.63, 3.8) is 0 Å². The van der Waals surface area contributed by atoms with E-state index in [0.29, 0.717) is 5.75 Å². The van der Waals surface area contributed by atoms with E-state index in [-0.39, 0.29) is 6.01 Å². The lowest BCUT2D eigenvalue weighted by Crippen LogP contribution is -1.99. The molecule has 88 valence electrons.